The molecule has 1 heterocycles. The van der Waals surface area contributed by atoms with E-state index in [9.17, 15) is 0 Å². The van der Waals surface area contributed by atoms with Gasteiger partial charge in [-0.3, -0.25) is 0 Å². The van der Waals surface area contributed by atoms with Gasteiger partial charge in [0.1, 0.15) is 6.33 Å². The number of nitrogens with zero attached hydrogens (tertiary/aromatic N) is 4. The Hall–Kier alpha value is -1.62. The highest BCUT2D eigenvalue weighted by Crippen LogP contribution is 2.25. The topological polar surface area (TPSA) is 69.6 Å². The van der Waals surface area contributed by atoms with Crippen molar-refractivity contribution in [1.29, 1.82) is 0 Å². The lowest BCUT2D eigenvalue weighted by Gasteiger charge is -2.03. The highest BCUT2D eigenvalue weighted by Gasteiger charge is 2.05. The SMILES string of the molecule is Nc1cccc(-n2cnnn2)c1Cl. The Balaban J connectivity index is 2.59. The van der Waals surface area contributed by atoms with E-state index in [4.69, 9.17) is 17.3 Å². The van der Waals surface area contributed by atoms with Gasteiger partial charge in [0.25, 0.3) is 0 Å². The third kappa shape index (κ3) is 1.33. The average Bonchev–Trinajstić information content (AvgIpc) is 2.62. The molecule has 5 nitrogen and oxygen atoms in total. The molecule has 13 heavy (non-hydrogen) atoms. The van der Waals surface area contributed by atoms with Crippen molar-refractivity contribution in [2.45, 2.75) is 0 Å². The van der Waals surface area contributed by atoms with Crippen LogP contribution >= 0.6 is 11.6 Å². The summed E-state index contributed by atoms with van der Waals surface area (Å²) in [5.41, 5.74) is 6.79. The molecule has 2 aromatic rings. The molecule has 0 spiro atoms. The first-order valence-electron chi connectivity index (χ1n) is 3.56. The van der Waals surface area contributed by atoms with Crippen molar-refractivity contribution in [3.63, 3.8) is 0 Å². The molecule has 0 amide bonds. The summed E-state index contributed by atoms with van der Waals surface area (Å²) in [5.74, 6) is 0. The van der Waals surface area contributed by atoms with Gasteiger partial charge in [0.05, 0.1) is 16.4 Å². The van der Waals surface area contributed by atoms with E-state index < -0.39 is 0 Å². The van der Waals surface area contributed by atoms with Crippen LogP contribution < -0.4 is 5.73 Å². The number of nitrogens with two attached hydrogens (primary N) is 1. The first kappa shape index (κ1) is 8.00. The van der Waals surface area contributed by atoms with Crippen LogP contribution in [0.5, 0.6) is 0 Å². The lowest BCUT2D eigenvalue weighted by atomic mass is 10.3. The number of benzene rings is 1. The van der Waals surface area contributed by atoms with Gasteiger partial charge in [-0.1, -0.05) is 17.7 Å². The van der Waals surface area contributed by atoms with Gasteiger partial charge in [-0.2, -0.15) is 4.68 Å². The molecule has 0 aliphatic rings. The van der Waals surface area contributed by atoms with Crippen molar-refractivity contribution in [3.05, 3.63) is 29.5 Å². The maximum absolute atomic E-state index is 5.94. The summed E-state index contributed by atoms with van der Waals surface area (Å²) in [4.78, 5) is 0. The minimum absolute atomic E-state index is 0.454. The van der Waals surface area contributed by atoms with Gasteiger partial charge in [-0.25, -0.2) is 0 Å². The second-order valence-corrected chi connectivity index (χ2v) is 2.81. The van der Waals surface area contributed by atoms with Crippen molar-refractivity contribution < 1.29 is 0 Å². The smallest absolute Gasteiger partial charge is 0.143 e. The van der Waals surface area contributed by atoms with Crippen LogP contribution in [0.3, 0.4) is 0 Å². The summed E-state index contributed by atoms with van der Waals surface area (Å²) >= 11 is 5.94. The second kappa shape index (κ2) is 3.02. The first-order valence-corrected chi connectivity index (χ1v) is 3.94. The highest BCUT2D eigenvalue weighted by atomic mass is 35.5. The van der Waals surface area contributed by atoms with Gasteiger partial charge >= 0.3 is 0 Å². The van der Waals surface area contributed by atoms with E-state index in [0.29, 0.717) is 16.4 Å². The number of hydrogen-bond donors (Lipinski definition) is 1. The number of hydrogen-bond acceptors (Lipinski definition) is 4. The van der Waals surface area contributed by atoms with Crippen LogP contribution in [0.25, 0.3) is 5.69 Å². The van der Waals surface area contributed by atoms with E-state index in [-0.39, 0.29) is 0 Å². The van der Waals surface area contributed by atoms with Crippen molar-refractivity contribution >= 4 is 17.3 Å². The van der Waals surface area contributed by atoms with Crippen LogP contribution in [0.2, 0.25) is 5.02 Å². The molecule has 0 bridgehead atoms. The standard InChI is InChI=1S/C7H6ClN5/c8-7-5(9)2-1-3-6(7)13-4-10-11-12-13/h1-4H,9H2. The van der Waals surface area contributed by atoms with E-state index in [2.05, 4.69) is 15.5 Å². The summed E-state index contributed by atoms with van der Waals surface area (Å²) in [6.45, 7) is 0. The Morgan fingerprint density at radius 1 is 1.38 bits per heavy atom. The Bertz CT molecular complexity index is 411. The largest absolute Gasteiger partial charge is 0.397 e. The summed E-state index contributed by atoms with van der Waals surface area (Å²) < 4.78 is 1.46. The van der Waals surface area contributed by atoms with Crippen LogP contribution in [0.15, 0.2) is 24.5 Å². The quantitative estimate of drug-likeness (QED) is 0.687. The van der Waals surface area contributed by atoms with E-state index >= 15 is 0 Å². The lowest BCUT2D eigenvalue weighted by Crippen LogP contribution is -1.98. The molecular formula is C7H6ClN5. The highest BCUT2D eigenvalue weighted by molar-refractivity contribution is 6.34. The van der Waals surface area contributed by atoms with Crippen LogP contribution in [0.4, 0.5) is 5.69 Å². The molecule has 0 unspecified atom stereocenters. The maximum Gasteiger partial charge on any atom is 0.143 e. The zero-order valence-corrected chi connectivity index (χ0v) is 7.31. The zero-order valence-electron chi connectivity index (χ0n) is 6.55. The molecular weight excluding hydrogens is 190 g/mol. The fourth-order valence-electron chi connectivity index (χ4n) is 0.986. The number of rotatable bonds is 1. The summed E-state index contributed by atoms with van der Waals surface area (Å²) in [6, 6.07) is 5.30. The molecule has 2 N–H and O–H groups in total. The third-order valence-corrected chi connectivity index (χ3v) is 2.02. The van der Waals surface area contributed by atoms with Crippen LogP contribution in [-0.2, 0) is 0 Å². The maximum atomic E-state index is 5.94. The van der Waals surface area contributed by atoms with Crippen molar-refractivity contribution in [2.24, 2.45) is 0 Å². The van der Waals surface area contributed by atoms with Gasteiger partial charge in [0.2, 0.25) is 0 Å². The first-order chi connectivity index (χ1) is 6.29. The number of anilines is 1. The van der Waals surface area contributed by atoms with Crippen LogP contribution in [-0.4, -0.2) is 20.2 Å². The molecule has 0 saturated heterocycles. The molecule has 0 aliphatic heterocycles. The van der Waals surface area contributed by atoms with Crippen LogP contribution in [0.1, 0.15) is 0 Å². The molecule has 66 valence electrons. The fourth-order valence-corrected chi connectivity index (χ4v) is 1.20. The molecule has 1 aromatic carbocycles. The van der Waals surface area contributed by atoms with Gasteiger partial charge < -0.3 is 5.73 Å². The molecule has 0 radical (unpaired) electrons. The third-order valence-electron chi connectivity index (χ3n) is 1.60. The van der Waals surface area contributed by atoms with Gasteiger partial charge in [-0.05, 0) is 22.6 Å². The minimum Gasteiger partial charge on any atom is -0.397 e. The molecule has 0 atom stereocenters. The molecule has 1 aromatic heterocycles. The predicted molar refractivity (Wildman–Crippen MR) is 48.6 cm³/mol. The second-order valence-electron chi connectivity index (χ2n) is 2.43. The summed E-state index contributed by atoms with van der Waals surface area (Å²) in [7, 11) is 0. The number of halogens is 1. The van der Waals surface area contributed by atoms with E-state index in [1.54, 1.807) is 18.2 Å². The van der Waals surface area contributed by atoms with Crippen LogP contribution in [0, 0.1) is 0 Å². The molecule has 0 aliphatic carbocycles. The Labute approximate surface area is 79.1 Å². The van der Waals surface area contributed by atoms with Crippen molar-refractivity contribution in [2.75, 3.05) is 5.73 Å². The number of nitrogen functional groups attached to an aromatic ring is 1. The molecule has 0 saturated carbocycles. The van der Waals surface area contributed by atoms with E-state index in [0.717, 1.165) is 0 Å². The van der Waals surface area contributed by atoms with Gasteiger partial charge in [-0.15, -0.1) is 5.10 Å². The zero-order chi connectivity index (χ0) is 9.26. The Morgan fingerprint density at radius 2 is 2.23 bits per heavy atom. The Morgan fingerprint density at radius 3 is 2.92 bits per heavy atom. The van der Waals surface area contributed by atoms with Crippen molar-refractivity contribution in [3.8, 4) is 5.69 Å². The van der Waals surface area contributed by atoms with Crippen molar-refractivity contribution in [1.82, 2.24) is 20.2 Å². The van der Waals surface area contributed by atoms with Gasteiger partial charge in [0, 0.05) is 0 Å². The van der Waals surface area contributed by atoms with Gasteiger partial charge in [0.15, 0.2) is 0 Å². The summed E-state index contributed by atoms with van der Waals surface area (Å²) in [6.07, 6.45) is 1.46. The average molecular weight is 196 g/mol. The minimum atomic E-state index is 0.454. The Kier molecular flexibility index (Phi) is 1.86. The lowest BCUT2D eigenvalue weighted by molar-refractivity contribution is 0.789. The van der Waals surface area contributed by atoms with E-state index in [1.165, 1.54) is 11.0 Å². The van der Waals surface area contributed by atoms with E-state index in [1.807, 2.05) is 0 Å². The number of aromatic nitrogens is 4. The molecule has 0 fully saturated rings. The monoisotopic (exact) mass is 195 g/mol. The summed E-state index contributed by atoms with van der Waals surface area (Å²) in [5, 5.41) is 11.2. The molecule has 2 rings (SSSR count). The fraction of sp³-hybridized carbons (Fsp3) is 0. The predicted octanol–water partition coefficient (Wildman–Crippen LogP) is 0.898. The normalized spacial score (nSPS) is 10.2. The number of tetrazole rings is 1. The molecule has 6 heteroatoms.